The Morgan fingerprint density at radius 1 is 1.48 bits per heavy atom. The van der Waals surface area contributed by atoms with Gasteiger partial charge in [-0.15, -0.1) is 10.2 Å². The lowest BCUT2D eigenvalue weighted by atomic mass is 10.2. The summed E-state index contributed by atoms with van der Waals surface area (Å²) in [7, 11) is 0. The van der Waals surface area contributed by atoms with Gasteiger partial charge in [0.15, 0.2) is 5.82 Å². The molecule has 1 amide bonds. The Morgan fingerprint density at radius 2 is 2.29 bits per heavy atom. The van der Waals surface area contributed by atoms with Gasteiger partial charge in [0.2, 0.25) is 0 Å². The standard InChI is InChI=1S/C13H14BrN5O2/c14-11-4-9(5-15-12(11)19-7-17-18-8-19)13(20)16-6-10-2-1-3-21-10/h4-5,7-8,10H,1-3,6H2,(H,16,20). The second-order valence-electron chi connectivity index (χ2n) is 4.74. The van der Waals surface area contributed by atoms with Crippen molar-refractivity contribution in [2.24, 2.45) is 0 Å². The van der Waals surface area contributed by atoms with Crippen molar-refractivity contribution in [3.63, 3.8) is 0 Å². The average molecular weight is 352 g/mol. The maximum atomic E-state index is 12.1. The van der Waals surface area contributed by atoms with Gasteiger partial charge in [-0.1, -0.05) is 0 Å². The molecule has 8 heteroatoms. The van der Waals surface area contributed by atoms with Crippen molar-refractivity contribution in [3.05, 3.63) is 35.0 Å². The first-order chi connectivity index (χ1) is 10.2. The molecule has 1 saturated heterocycles. The highest BCUT2D eigenvalue weighted by atomic mass is 79.9. The van der Waals surface area contributed by atoms with Crippen LogP contribution in [0.3, 0.4) is 0 Å². The number of carbonyl (C=O) groups excluding carboxylic acids is 1. The van der Waals surface area contributed by atoms with Crippen LogP contribution in [-0.2, 0) is 4.74 Å². The van der Waals surface area contributed by atoms with Crippen molar-refractivity contribution in [1.82, 2.24) is 25.1 Å². The number of aromatic nitrogens is 4. The van der Waals surface area contributed by atoms with Crippen LogP contribution in [0.5, 0.6) is 0 Å². The third kappa shape index (κ3) is 3.27. The summed E-state index contributed by atoms with van der Waals surface area (Å²) >= 11 is 3.41. The average Bonchev–Trinajstić information content (AvgIpc) is 3.17. The van der Waals surface area contributed by atoms with Crippen molar-refractivity contribution in [3.8, 4) is 5.82 Å². The van der Waals surface area contributed by atoms with Gasteiger partial charge >= 0.3 is 0 Å². The molecule has 0 bridgehead atoms. The van der Waals surface area contributed by atoms with Crippen LogP contribution in [-0.4, -0.2) is 44.9 Å². The fraction of sp³-hybridized carbons (Fsp3) is 0.385. The highest BCUT2D eigenvalue weighted by Crippen LogP contribution is 2.19. The van der Waals surface area contributed by atoms with Crippen molar-refractivity contribution in [2.75, 3.05) is 13.2 Å². The molecular weight excluding hydrogens is 338 g/mol. The molecule has 0 spiro atoms. The van der Waals surface area contributed by atoms with Crippen LogP contribution in [0.1, 0.15) is 23.2 Å². The molecule has 3 rings (SSSR count). The molecule has 1 N–H and O–H groups in total. The monoisotopic (exact) mass is 351 g/mol. The first kappa shape index (κ1) is 14.2. The summed E-state index contributed by atoms with van der Waals surface area (Å²) in [6.07, 6.45) is 6.80. The van der Waals surface area contributed by atoms with Crippen LogP contribution in [0, 0.1) is 0 Å². The van der Waals surface area contributed by atoms with E-state index in [1.807, 2.05) is 0 Å². The summed E-state index contributed by atoms with van der Waals surface area (Å²) in [6, 6.07) is 1.73. The summed E-state index contributed by atoms with van der Waals surface area (Å²) in [4.78, 5) is 16.4. The molecule has 2 aromatic rings. The molecule has 1 atom stereocenters. The van der Waals surface area contributed by atoms with E-state index in [1.54, 1.807) is 23.3 Å². The van der Waals surface area contributed by atoms with Crippen LogP contribution in [0.25, 0.3) is 5.82 Å². The smallest absolute Gasteiger partial charge is 0.252 e. The molecule has 1 unspecified atom stereocenters. The normalized spacial score (nSPS) is 17.9. The van der Waals surface area contributed by atoms with Crippen LogP contribution in [0.15, 0.2) is 29.4 Å². The van der Waals surface area contributed by atoms with Gasteiger partial charge < -0.3 is 10.1 Å². The number of nitrogens with one attached hydrogen (secondary N) is 1. The van der Waals surface area contributed by atoms with Gasteiger partial charge in [0.1, 0.15) is 12.7 Å². The molecule has 1 aliphatic heterocycles. The number of halogens is 1. The van der Waals surface area contributed by atoms with Crippen molar-refractivity contribution in [2.45, 2.75) is 18.9 Å². The van der Waals surface area contributed by atoms with E-state index in [4.69, 9.17) is 4.74 Å². The summed E-state index contributed by atoms with van der Waals surface area (Å²) in [6.45, 7) is 1.31. The van der Waals surface area contributed by atoms with Gasteiger partial charge in [-0.3, -0.25) is 9.36 Å². The van der Waals surface area contributed by atoms with Crippen LogP contribution in [0.4, 0.5) is 0 Å². The van der Waals surface area contributed by atoms with Crippen LogP contribution < -0.4 is 5.32 Å². The summed E-state index contributed by atoms with van der Waals surface area (Å²) in [5, 5.41) is 10.3. The first-order valence-electron chi connectivity index (χ1n) is 6.64. The van der Waals surface area contributed by atoms with Crippen LogP contribution in [0.2, 0.25) is 0 Å². The van der Waals surface area contributed by atoms with Gasteiger partial charge in [-0.05, 0) is 34.8 Å². The van der Waals surface area contributed by atoms with Crippen LogP contribution >= 0.6 is 15.9 Å². The predicted molar refractivity (Wildman–Crippen MR) is 78.2 cm³/mol. The molecule has 7 nitrogen and oxygen atoms in total. The number of ether oxygens (including phenoxy) is 1. The Balaban J connectivity index is 1.68. The highest BCUT2D eigenvalue weighted by Gasteiger charge is 2.17. The lowest BCUT2D eigenvalue weighted by Gasteiger charge is -2.11. The number of hydrogen-bond donors (Lipinski definition) is 1. The second-order valence-corrected chi connectivity index (χ2v) is 5.60. The number of carbonyl (C=O) groups is 1. The van der Waals surface area contributed by atoms with Gasteiger partial charge in [-0.2, -0.15) is 0 Å². The van der Waals surface area contributed by atoms with E-state index in [9.17, 15) is 4.79 Å². The minimum absolute atomic E-state index is 0.127. The van der Waals surface area contributed by atoms with E-state index in [0.717, 1.165) is 19.4 Å². The Kier molecular flexibility index (Phi) is 4.26. The van der Waals surface area contributed by atoms with Gasteiger partial charge in [0.05, 0.1) is 16.1 Å². The number of nitrogens with zero attached hydrogens (tertiary/aromatic N) is 4. The minimum atomic E-state index is -0.158. The zero-order valence-electron chi connectivity index (χ0n) is 11.2. The molecule has 110 valence electrons. The molecule has 0 aliphatic carbocycles. The molecule has 2 aromatic heterocycles. The van der Waals surface area contributed by atoms with Crippen molar-refractivity contribution >= 4 is 21.8 Å². The largest absolute Gasteiger partial charge is 0.376 e. The fourth-order valence-electron chi connectivity index (χ4n) is 2.17. The van der Waals surface area contributed by atoms with E-state index in [1.165, 1.54) is 6.20 Å². The molecule has 21 heavy (non-hydrogen) atoms. The lowest BCUT2D eigenvalue weighted by Crippen LogP contribution is -2.31. The summed E-state index contributed by atoms with van der Waals surface area (Å²) < 4.78 is 7.84. The Morgan fingerprint density at radius 3 is 2.95 bits per heavy atom. The molecule has 1 fully saturated rings. The molecule has 0 radical (unpaired) electrons. The number of amides is 1. The van der Waals surface area contributed by atoms with Gasteiger partial charge in [-0.25, -0.2) is 4.98 Å². The van der Waals surface area contributed by atoms with E-state index in [2.05, 4.69) is 36.4 Å². The third-order valence-corrected chi connectivity index (χ3v) is 3.85. The van der Waals surface area contributed by atoms with Crippen molar-refractivity contribution < 1.29 is 9.53 Å². The molecule has 1 aliphatic rings. The van der Waals surface area contributed by atoms with E-state index in [-0.39, 0.29) is 12.0 Å². The molecule has 3 heterocycles. The van der Waals surface area contributed by atoms with E-state index < -0.39 is 0 Å². The summed E-state index contributed by atoms with van der Waals surface area (Å²) in [5.41, 5.74) is 0.497. The van der Waals surface area contributed by atoms with Crippen molar-refractivity contribution in [1.29, 1.82) is 0 Å². The SMILES string of the molecule is O=C(NCC1CCCO1)c1cnc(-n2cnnc2)c(Br)c1. The molecular formula is C13H14BrN5O2. The second kappa shape index (κ2) is 6.31. The quantitative estimate of drug-likeness (QED) is 0.898. The maximum Gasteiger partial charge on any atom is 0.252 e. The number of pyridine rings is 1. The van der Waals surface area contributed by atoms with E-state index in [0.29, 0.717) is 22.4 Å². The maximum absolute atomic E-state index is 12.1. The molecule has 0 saturated carbocycles. The minimum Gasteiger partial charge on any atom is -0.376 e. The first-order valence-corrected chi connectivity index (χ1v) is 7.43. The Bertz CT molecular complexity index is 625. The number of rotatable bonds is 4. The fourth-order valence-corrected chi connectivity index (χ4v) is 2.72. The van der Waals surface area contributed by atoms with Gasteiger partial charge in [0.25, 0.3) is 5.91 Å². The highest BCUT2D eigenvalue weighted by molar-refractivity contribution is 9.10. The zero-order chi connectivity index (χ0) is 14.7. The predicted octanol–water partition coefficient (Wildman–Crippen LogP) is 1.33. The molecule has 0 aromatic carbocycles. The van der Waals surface area contributed by atoms with E-state index >= 15 is 0 Å². The van der Waals surface area contributed by atoms with Gasteiger partial charge in [0, 0.05) is 19.3 Å². The Labute approximate surface area is 129 Å². The third-order valence-electron chi connectivity index (χ3n) is 3.26. The topological polar surface area (TPSA) is 81.9 Å². The number of hydrogen-bond acceptors (Lipinski definition) is 5. The zero-order valence-corrected chi connectivity index (χ0v) is 12.8. The summed E-state index contributed by atoms with van der Waals surface area (Å²) in [5.74, 6) is 0.477. The Hall–Kier alpha value is -1.80. The lowest BCUT2D eigenvalue weighted by molar-refractivity contribution is 0.0857.